The van der Waals surface area contributed by atoms with Crippen LogP contribution in [-0.2, 0) is 0 Å². The van der Waals surface area contributed by atoms with E-state index in [9.17, 15) is 4.48 Å². The van der Waals surface area contributed by atoms with E-state index in [1.54, 1.807) is 18.3 Å². The van der Waals surface area contributed by atoms with Gasteiger partial charge in [-0.2, -0.15) is 0 Å². The SMILES string of the molecule is F[n+]1cccc2cccnc21. The van der Waals surface area contributed by atoms with Crippen molar-refractivity contribution < 1.29 is 9.27 Å². The Morgan fingerprint density at radius 1 is 1.27 bits per heavy atom. The summed E-state index contributed by atoms with van der Waals surface area (Å²) in [6.45, 7) is 0. The number of rotatable bonds is 0. The van der Waals surface area contributed by atoms with Crippen LogP contribution in [-0.4, -0.2) is 4.98 Å². The van der Waals surface area contributed by atoms with E-state index in [4.69, 9.17) is 0 Å². The number of fused-ring (bicyclic) bond motifs is 1. The Hall–Kier alpha value is -1.51. The molecule has 54 valence electrons. The van der Waals surface area contributed by atoms with Gasteiger partial charge in [0, 0.05) is 4.48 Å². The Morgan fingerprint density at radius 3 is 2.91 bits per heavy atom. The number of hydrogen-bond acceptors (Lipinski definition) is 1. The standard InChI is InChI=1S/C8H6FN2/c9-11-6-2-4-7-3-1-5-10-8(7)11/h1-6H/q+1. The monoisotopic (exact) mass is 149 g/mol. The maximum Gasteiger partial charge on any atom is 0.365 e. The van der Waals surface area contributed by atoms with Crippen LogP contribution >= 0.6 is 0 Å². The summed E-state index contributed by atoms with van der Waals surface area (Å²) >= 11 is 0. The molecule has 0 saturated heterocycles. The summed E-state index contributed by atoms with van der Waals surface area (Å²) in [6.07, 6.45) is 2.90. The molecule has 0 N–H and O–H groups in total. The van der Waals surface area contributed by atoms with Gasteiger partial charge in [0.1, 0.15) is 12.4 Å². The van der Waals surface area contributed by atoms with Gasteiger partial charge in [0.15, 0.2) is 0 Å². The van der Waals surface area contributed by atoms with E-state index in [2.05, 4.69) is 4.98 Å². The molecule has 0 atom stereocenters. The molecular weight excluding hydrogens is 143 g/mol. The fourth-order valence-corrected chi connectivity index (χ4v) is 1.01. The third kappa shape index (κ3) is 0.941. The lowest BCUT2D eigenvalue weighted by Crippen LogP contribution is -2.22. The van der Waals surface area contributed by atoms with Crippen molar-refractivity contribution in [3.05, 3.63) is 36.7 Å². The fraction of sp³-hybridized carbons (Fsp3) is 0. The number of halogens is 1. The van der Waals surface area contributed by atoms with Crippen molar-refractivity contribution in [2.24, 2.45) is 0 Å². The van der Waals surface area contributed by atoms with Gasteiger partial charge < -0.3 is 0 Å². The van der Waals surface area contributed by atoms with Crippen molar-refractivity contribution in [1.82, 2.24) is 4.98 Å². The topological polar surface area (TPSA) is 16.8 Å². The van der Waals surface area contributed by atoms with Crippen LogP contribution in [0.2, 0.25) is 0 Å². The average molecular weight is 149 g/mol. The molecule has 2 aromatic heterocycles. The molecule has 0 aliphatic heterocycles. The number of pyridine rings is 2. The number of aromatic nitrogens is 2. The second-order valence-electron chi connectivity index (χ2n) is 2.24. The zero-order chi connectivity index (χ0) is 7.68. The molecule has 2 nitrogen and oxygen atoms in total. The molecule has 2 rings (SSSR count). The highest BCUT2D eigenvalue weighted by atomic mass is 19.2. The Kier molecular flexibility index (Phi) is 1.28. The summed E-state index contributed by atoms with van der Waals surface area (Å²) in [5, 5.41) is 0.803. The zero-order valence-electron chi connectivity index (χ0n) is 5.74. The predicted molar refractivity (Wildman–Crippen MR) is 38.4 cm³/mol. The maximum absolute atomic E-state index is 12.8. The van der Waals surface area contributed by atoms with Gasteiger partial charge in [0.05, 0.1) is 5.39 Å². The highest BCUT2D eigenvalue weighted by Gasteiger charge is 2.05. The molecule has 0 fully saturated rings. The molecule has 0 aliphatic rings. The molecule has 3 heteroatoms. The highest BCUT2D eigenvalue weighted by Crippen LogP contribution is 2.03. The zero-order valence-corrected chi connectivity index (χ0v) is 5.74. The maximum atomic E-state index is 12.8. The molecule has 0 bridgehead atoms. The lowest BCUT2D eigenvalue weighted by Gasteiger charge is -1.87. The molecule has 2 aromatic rings. The highest BCUT2D eigenvalue weighted by molar-refractivity contribution is 5.70. The third-order valence-corrected chi connectivity index (χ3v) is 1.51. The van der Waals surface area contributed by atoms with Crippen LogP contribution in [0.15, 0.2) is 36.7 Å². The summed E-state index contributed by atoms with van der Waals surface area (Å²) in [5.41, 5.74) is 0.356. The Labute approximate surface area is 62.9 Å². The van der Waals surface area contributed by atoms with Crippen LogP contribution in [0.5, 0.6) is 0 Å². The van der Waals surface area contributed by atoms with Gasteiger partial charge in [-0.1, -0.05) is 0 Å². The van der Waals surface area contributed by atoms with E-state index in [0.29, 0.717) is 10.4 Å². The van der Waals surface area contributed by atoms with Crippen LogP contribution in [0.3, 0.4) is 0 Å². The average Bonchev–Trinajstić information content (AvgIpc) is 2.06. The Balaban J connectivity index is 2.91. The van der Waals surface area contributed by atoms with E-state index >= 15 is 0 Å². The summed E-state index contributed by atoms with van der Waals surface area (Å²) in [4.78, 5) is 4.38. The summed E-state index contributed by atoms with van der Waals surface area (Å²) < 4.78 is 12.8. The van der Waals surface area contributed by atoms with Gasteiger partial charge in [0.25, 0.3) is 0 Å². The number of nitrogens with zero attached hydrogens (tertiary/aromatic N) is 2. The van der Waals surface area contributed by atoms with Gasteiger partial charge in [0.2, 0.25) is 0 Å². The van der Waals surface area contributed by atoms with Crippen LogP contribution in [0, 0.1) is 0 Å². The first-order chi connectivity index (χ1) is 5.38. The Morgan fingerprint density at radius 2 is 2.09 bits per heavy atom. The van der Waals surface area contributed by atoms with Crippen molar-refractivity contribution in [2.45, 2.75) is 0 Å². The molecule has 11 heavy (non-hydrogen) atoms. The Bertz CT molecular complexity index is 381. The van der Waals surface area contributed by atoms with E-state index in [1.165, 1.54) is 6.20 Å². The lowest BCUT2D eigenvalue weighted by molar-refractivity contribution is -0.823. The largest absolute Gasteiger partial charge is 0.365 e. The van der Waals surface area contributed by atoms with Gasteiger partial charge >= 0.3 is 5.65 Å². The molecule has 0 unspecified atom stereocenters. The lowest BCUT2D eigenvalue weighted by atomic mass is 10.3. The summed E-state index contributed by atoms with van der Waals surface area (Å²) in [6, 6.07) is 7.06. The van der Waals surface area contributed by atoms with E-state index in [1.807, 2.05) is 12.1 Å². The van der Waals surface area contributed by atoms with Crippen LogP contribution < -0.4 is 4.79 Å². The fourth-order valence-electron chi connectivity index (χ4n) is 1.01. The molecule has 0 spiro atoms. The molecular formula is C8H6FN2+. The molecule has 0 saturated carbocycles. The van der Waals surface area contributed by atoms with Gasteiger partial charge in [-0.25, -0.2) is 0 Å². The van der Waals surface area contributed by atoms with Gasteiger partial charge in [-0.3, -0.25) is 0 Å². The van der Waals surface area contributed by atoms with E-state index in [0.717, 1.165) is 5.39 Å². The minimum absolute atomic E-state index is 0.356. The molecule has 0 aliphatic carbocycles. The van der Waals surface area contributed by atoms with Crippen molar-refractivity contribution in [1.29, 1.82) is 0 Å². The molecule has 0 aromatic carbocycles. The second-order valence-corrected chi connectivity index (χ2v) is 2.24. The van der Waals surface area contributed by atoms with Crippen molar-refractivity contribution >= 4 is 11.0 Å². The van der Waals surface area contributed by atoms with Crippen LogP contribution in [0.1, 0.15) is 0 Å². The summed E-state index contributed by atoms with van der Waals surface area (Å²) in [7, 11) is 0. The first-order valence-electron chi connectivity index (χ1n) is 3.29. The normalized spacial score (nSPS) is 10.3. The molecule has 0 radical (unpaired) electrons. The second kappa shape index (κ2) is 2.27. The minimum atomic E-state index is 0.356. The van der Waals surface area contributed by atoms with Crippen LogP contribution in [0.25, 0.3) is 11.0 Å². The van der Waals surface area contributed by atoms with Crippen molar-refractivity contribution in [3.8, 4) is 0 Å². The quantitative estimate of drug-likeness (QED) is 0.551. The first kappa shape index (κ1) is 6.22. The first-order valence-corrected chi connectivity index (χ1v) is 3.29. The number of hydrogen-bond donors (Lipinski definition) is 0. The van der Waals surface area contributed by atoms with Crippen LogP contribution in [0.4, 0.5) is 4.48 Å². The van der Waals surface area contributed by atoms with Crippen molar-refractivity contribution in [2.75, 3.05) is 0 Å². The van der Waals surface area contributed by atoms with E-state index in [-0.39, 0.29) is 0 Å². The summed E-state index contributed by atoms with van der Waals surface area (Å²) in [5.74, 6) is 0. The van der Waals surface area contributed by atoms with E-state index < -0.39 is 0 Å². The smallest absolute Gasteiger partial charge is 0.0461 e. The molecule has 0 amide bonds. The van der Waals surface area contributed by atoms with Crippen molar-refractivity contribution in [3.63, 3.8) is 0 Å². The predicted octanol–water partition coefficient (Wildman–Crippen LogP) is 1.25. The van der Waals surface area contributed by atoms with Gasteiger partial charge in [-0.15, -0.1) is 0 Å². The third-order valence-electron chi connectivity index (χ3n) is 1.51. The minimum Gasteiger partial charge on any atom is -0.0461 e. The van der Waals surface area contributed by atoms with Gasteiger partial charge in [-0.05, 0) is 34.0 Å². The molecule has 2 heterocycles.